The summed E-state index contributed by atoms with van der Waals surface area (Å²) in [7, 11) is -3.61. The lowest BCUT2D eigenvalue weighted by Crippen LogP contribution is -2.42. The van der Waals surface area contributed by atoms with E-state index in [0.29, 0.717) is 41.1 Å². The number of hydrogen-bond acceptors (Lipinski definition) is 6. The molecular weight excluding hydrogens is 448 g/mol. The van der Waals surface area contributed by atoms with Crippen molar-refractivity contribution in [2.45, 2.75) is 45.9 Å². The molecule has 2 aromatic rings. The van der Waals surface area contributed by atoms with Crippen LogP contribution >= 0.6 is 11.3 Å². The number of hydrogen-bond donors (Lipinski definition) is 1. The third-order valence-electron chi connectivity index (χ3n) is 5.68. The van der Waals surface area contributed by atoms with Crippen LogP contribution in [0.3, 0.4) is 0 Å². The number of esters is 1. The Kier molecular flexibility index (Phi) is 7.42. The second-order valence-corrected chi connectivity index (χ2v) is 11.6. The molecule has 7 nitrogen and oxygen atoms in total. The molecule has 1 aliphatic rings. The third-order valence-corrected chi connectivity index (χ3v) is 8.65. The number of anilines is 1. The van der Waals surface area contributed by atoms with Gasteiger partial charge in [-0.2, -0.15) is 4.31 Å². The summed E-state index contributed by atoms with van der Waals surface area (Å²) in [6, 6.07) is 5.92. The quantitative estimate of drug-likeness (QED) is 0.619. The molecule has 1 aromatic carbocycles. The first-order valence-corrected chi connectivity index (χ1v) is 13.0. The van der Waals surface area contributed by atoms with Gasteiger partial charge in [0, 0.05) is 23.5 Å². The van der Waals surface area contributed by atoms with Gasteiger partial charge in [-0.15, -0.1) is 11.3 Å². The highest BCUT2D eigenvalue weighted by molar-refractivity contribution is 7.89. The molecule has 3 rings (SSSR count). The number of aryl methyl sites for hydroxylation is 1. The predicted molar refractivity (Wildman–Crippen MR) is 126 cm³/mol. The van der Waals surface area contributed by atoms with Crippen molar-refractivity contribution in [1.82, 2.24) is 4.31 Å². The third kappa shape index (κ3) is 5.05. The average Bonchev–Trinajstić information content (AvgIpc) is 3.00. The Morgan fingerprint density at radius 3 is 2.28 bits per heavy atom. The maximum absolute atomic E-state index is 13.0. The minimum absolute atomic E-state index is 0.172. The van der Waals surface area contributed by atoms with Crippen LogP contribution in [0.15, 0.2) is 29.2 Å². The van der Waals surface area contributed by atoms with E-state index < -0.39 is 21.9 Å². The van der Waals surface area contributed by atoms with Crippen molar-refractivity contribution >= 4 is 38.2 Å². The first kappa shape index (κ1) is 24.4. The van der Waals surface area contributed by atoms with Crippen LogP contribution in [0.5, 0.6) is 0 Å². The Labute approximate surface area is 193 Å². The van der Waals surface area contributed by atoms with Gasteiger partial charge in [-0.25, -0.2) is 13.2 Å². The maximum atomic E-state index is 13.0. The van der Waals surface area contributed by atoms with Crippen LogP contribution in [0, 0.1) is 25.7 Å². The van der Waals surface area contributed by atoms with E-state index in [0.717, 1.165) is 16.9 Å². The van der Waals surface area contributed by atoms with E-state index in [4.69, 9.17) is 4.74 Å². The molecule has 2 atom stereocenters. The number of nitrogens with zero attached hydrogens (tertiary/aromatic N) is 1. The number of benzene rings is 1. The molecule has 0 saturated carbocycles. The second kappa shape index (κ2) is 9.72. The molecule has 32 heavy (non-hydrogen) atoms. The van der Waals surface area contributed by atoms with Crippen molar-refractivity contribution in [2.75, 3.05) is 25.0 Å². The van der Waals surface area contributed by atoms with Crippen LogP contribution < -0.4 is 5.32 Å². The SMILES string of the molecule is CCOC(=O)c1c(NC(=O)c2ccc(S(=O)(=O)N3CC(C)CC(C)C3)cc2)sc(C)c1C. The maximum Gasteiger partial charge on any atom is 0.341 e. The van der Waals surface area contributed by atoms with Gasteiger partial charge in [-0.3, -0.25) is 4.79 Å². The van der Waals surface area contributed by atoms with Crippen molar-refractivity contribution < 1.29 is 22.7 Å². The van der Waals surface area contributed by atoms with Gasteiger partial charge in [0.15, 0.2) is 0 Å². The minimum Gasteiger partial charge on any atom is -0.462 e. The molecule has 0 aliphatic carbocycles. The van der Waals surface area contributed by atoms with Crippen LogP contribution in [0.1, 0.15) is 58.3 Å². The van der Waals surface area contributed by atoms with Crippen LogP contribution in [0.4, 0.5) is 5.00 Å². The van der Waals surface area contributed by atoms with E-state index in [1.807, 2.05) is 13.8 Å². The molecular formula is C23H30N2O5S2. The first-order valence-electron chi connectivity index (χ1n) is 10.7. The summed E-state index contributed by atoms with van der Waals surface area (Å²) < 4.78 is 32.7. The summed E-state index contributed by atoms with van der Waals surface area (Å²) >= 11 is 1.31. The number of sulfonamides is 1. The molecule has 0 bridgehead atoms. The summed E-state index contributed by atoms with van der Waals surface area (Å²) in [5, 5.41) is 3.21. The molecule has 0 radical (unpaired) electrons. The Bertz CT molecular complexity index is 1100. The molecule has 0 spiro atoms. The lowest BCUT2D eigenvalue weighted by atomic mass is 9.94. The molecule has 9 heteroatoms. The fourth-order valence-corrected chi connectivity index (χ4v) is 6.79. The van der Waals surface area contributed by atoms with E-state index in [2.05, 4.69) is 19.2 Å². The van der Waals surface area contributed by atoms with Crippen molar-refractivity contribution in [3.8, 4) is 0 Å². The molecule has 1 aromatic heterocycles. The normalized spacial score (nSPS) is 19.5. The molecule has 2 heterocycles. The number of rotatable bonds is 6. The number of thiophene rings is 1. The zero-order valence-corrected chi connectivity index (χ0v) is 20.7. The van der Waals surface area contributed by atoms with Crippen LogP contribution in [0.25, 0.3) is 0 Å². The van der Waals surface area contributed by atoms with Gasteiger partial charge in [0.1, 0.15) is 5.00 Å². The number of piperidine rings is 1. The van der Waals surface area contributed by atoms with Crippen molar-refractivity contribution in [2.24, 2.45) is 11.8 Å². The van der Waals surface area contributed by atoms with E-state index in [1.54, 1.807) is 6.92 Å². The van der Waals surface area contributed by atoms with Gasteiger partial charge in [0.2, 0.25) is 10.0 Å². The Morgan fingerprint density at radius 2 is 1.72 bits per heavy atom. The smallest absolute Gasteiger partial charge is 0.341 e. The highest BCUT2D eigenvalue weighted by Crippen LogP contribution is 2.33. The number of ether oxygens (including phenoxy) is 1. The summed E-state index contributed by atoms with van der Waals surface area (Å²) in [4.78, 5) is 26.2. The topological polar surface area (TPSA) is 92.8 Å². The Morgan fingerprint density at radius 1 is 1.12 bits per heavy atom. The zero-order valence-electron chi connectivity index (χ0n) is 19.1. The fourth-order valence-electron chi connectivity index (χ4n) is 4.07. The van der Waals surface area contributed by atoms with Gasteiger partial charge in [0.25, 0.3) is 5.91 Å². The van der Waals surface area contributed by atoms with E-state index >= 15 is 0 Å². The van der Waals surface area contributed by atoms with Crippen LogP contribution in [-0.2, 0) is 14.8 Å². The molecule has 1 fully saturated rings. The molecule has 1 saturated heterocycles. The predicted octanol–water partition coefficient (Wildman–Crippen LogP) is 4.46. The van der Waals surface area contributed by atoms with Gasteiger partial charge in [0.05, 0.1) is 17.1 Å². The van der Waals surface area contributed by atoms with Crippen molar-refractivity contribution in [3.05, 3.63) is 45.8 Å². The number of carbonyl (C=O) groups is 2. The fraction of sp³-hybridized carbons (Fsp3) is 0.478. The van der Waals surface area contributed by atoms with Crippen LogP contribution in [-0.4, -0.2) is 44.3 Å². The lowest BCUT2D eigenvalue weighted by Gasteiger charge is -2.34. The van der Waals surface area contributed by atoms with Crippen molar-refractivity contribution in [1.29, 1.82) is 0 Å². The van der Waals surface area contributed by atoms with Crippen LogP contribution in [0.2, 0.25) is 0 Å². The highest BCUT2D eigenvalue weighted by atomic mass is 32.2. The molecule has 174 valence electrons. The summed E-state index contributed by atoms with van der Waals surface area (Å²) in [5.41, 5.74) is 1.44. The average molecular weight is 479 g/mol. The van der Waals surface area contributed by atoms with Gasteiger partial charge in [-0.1, -0.05) is 13.8 Å². The standard InChI is InChI=1S/C23H30N2O5S2/c1-6-30-23(27)20-16(4)17(5)31-22(20)24-21(26)18-7-9-19(10-8-18)32(28,29)25-12-14(2)11-15(3)13-25/h7-10,14-15H,6,11-13H2,1-5H3,(H,24,26). The zero-order chi connectivity index (χ0) is 23.6. The van der Waals surface area contributed by atoms with Gasteiger partial charge >= 0.3 is 5.97 Å². The monoisotopic (exact) mass is 478 g/mol. The Hall–Kier alpha value is -2.23. The van der Waals surface area contributed by atoms with Gasteiger partial charge < -0.3 is 10.1 Å². The molecule has 1 aliphatic heterocycles. The van der Waals surface area contributed by atoms with Crippen molar-refractivity contribution in [3.63, 3.8) is 0 Å². The largest absolute Gasteiger partial charge is 0.462 e. The highest BCUT2D eigenvalue weighted by Gasteiger charge is 2.31. The van der Waals surface area contributed by atoms with E-state index in [1.165, 1.54) is 39.9 Å². The Balaban J connectivity index is 1.79. The molecule has 1 amide bonds. The van der Waals surface area contributed by atoms with Gasteiger partial charge in [-0.05, 0) is 68.9 Å². The lowest BCUT2D eigenvalue weighted by molar-refractivity contribution is 0.0527. The summed E-state index contributed by atoms with van der Waals surface area (Å²) in [6.45, 7) is 10.8. The minimum atomic E-state index is -3.61. The number of amides is 1. The number of nitrogens with one attached hydrogen (secondary N) is 1. The second-order valence-electron chi connectivity index (χ2n) is 8.45. The first-order chi connectivity index (χ1) is 15.0. The van der Waals surface area contributed by atoms with E-state index in [-0.39, 0.29) is 11.5 Å². The number of carbonyl (C=O) groups excluding carboxylic acids is 2. The summed E-state index contributed by atoms with van der Waals surface area (Å²) in [5.74, 6) is -0.271. The molecule has 2 unspecified atom stereocenters. The summed E-state index contributed by atoms with van der Waals surface area (Å²) in [6.07, 6.45) is 1.01. The van der Waals surface area contributed by atoms with E-state index in [9.17, 15) is 18.0 Å². The molecule has 1 N–H and O–H groups in total.